The molecule has 1 N–H and O–H groups in total. The highest BCUT2D eigenvalue weighted by Crippen LogP contribution is 2.22. The summed E-state index contributed by atoms with van der Waals surface area (Å²) in [5.74, 6) is 0.922. The van der Waals surface area contributed by atoms with Crippen LogP contribution in [0.1, 0.15) is 5.69 Å². The zero-order chi connectivity index (χ0) is 17.9. The molecule has 0 aliphatic carbocycles. The van der Waals surface area contributed by atoms with Crippen molar-refractivity contribution in [3.05, 3.63) is 52.8 Å². The lowest BCUT2D eigenvalue weighted by Gasteiger charge is -2.36. The van der Waals surface area contributed by atoms with E-state index in [0.717, 1.165) is 43.5 Å². The van der Waals surface area contributed by atoms with Gasteiger partial charge in [-0.1, -0.05) is 11.6 Å². The highest BCUT2D eigenvalue weighted by molar-refractivity contribution is 14.0. The Morgan fingerprint density at radius 2 is 2.04 bits per heavy atom. The van der Waals surface area contributed by atoms with Crippen molar-refractivity contribution in [2.75, 3.05) is 38.1 Å². The van der Waals surface area contributed by atoms with Gasteiger partial charge in [0, 0.05) is 45.6 Å². The highest BCUT2D eigenvalue weighted by atomic mass is 127. The van der Waals surface area contributed by atoms with Crippen LogP contribution in [0, 0.1) is 0 Å². The Morgan fingerprint density at radius 3 is 2.74 bits per heavy atom. The minimum absolute atomic E-state index is 0. The first-order chi connectivity index (χ1) is 12.7. The van der Waals surface area contributed by atoms with Crippen LogP contribution in [-0.2, 0) is 6.54 Å². The molecule has 1 aliphatic rings. The van der Waals surface area contributed by atoms with E-state index < -0.39 is 0 Å². The SMILES string of the molecule is CN=C(NCc1cn2cc(Cl)ccc2n1)N1CCN(c2cccs2)CC1.I. The van der Waals surface area contributed by atoms with Gasteiger partial charge in [-0.05, 0) is 29.6 Å². The summed E-state index contributed by atoms with van der Waals surface area (Å²) in [7, 11) is 1.83. The van der Waals surface area contributed by atoms with Crippen molar-refractivity contribution in [1.29, 1.82) is 0 Å². The molecule has 4 rings (SSSR count). The normalized spacial score (nSPS) is 15.1. The first-order valence-corrected chi connectivity index (χ1v) is 9.86. The first-order valence-electron chi connectivity index (χ1n) is 8.60. The van der Waals surface area contributed by atoms with E-state index in [0.29, 0.717) is 11.6 Å². The number of hydrogen-bond donors (Lipinski definition) is 1. The Kier molecular flexibility index (Phi) is 6.83. The van der Waals surface area contributed by atoms with E-state index in [9.17, 15) is 0 Å². The Bertz CT molecular complexity index is 902. The van der Waals surface area contributed by atoms with Crippen molar-refractivity contribution in [1.82, 2.24) is 19.6 Å². The number of nitrogens with one attached hydrogen (secondary N) is 1. The van der Waals surface area contributed by atoms with Gasteiger partial charge in [0.15, 0.2) is 5.96 Å². The molecule has 0 saturated carbocycles. The number of halogens is 2. The molecule has 0 atom stereocenters. The maximum absolute atomic E-state index is 6.03. The third-order valence-electron chi connectivity index (χ3n) is 4.50. The second kappa shape index (κ2) is 9.11. The van der Waals surface area contributed by atoms with E-state index in [1.54, 1.807) is 11.3 Å². The number of rotatable bonds is 3. The fraction of sp³-hybridized carbons (Fsp3) is 0.333. The second-order valence-corrected chi connectivity index (χ2v) is 7.53. The first kappa shape index (κ1) is 20.2. The standard InChI is InChI=1S/C18H21ClN6S.HI/c1-20-18(24-8-6-23(7-9-24)17-3-2-10-26-17)21-11-15-13-25-12-14(19)4-5-16(25)22-15;/h2-5,10,12-13H,6-9,11H2,1H3,(H,20,21);1H. The molecule has 4 heterocycles. The molecule has 3 aromatic rings. The summed E-state index contributed by atoms with van der Waals surface area (Å²) in [6.07, 6.45) is 3.86. The van der Waals surface area contributed by atoms with Gasteiger partial charge < -0.3 is 19.5 Å². The zero-order valence-corrected chi connectivity index (χ0v) is 18.9. The Morgan fingerprint density at radius 1 is 1.22 bits per heavy atom. The largest absolute Gasteiger partial charge is 0.360 e. The summed E-state index contributed by atoms with van der Waals surface area (Å²) in [5, 5.41) is 7.61. The van der Waals surface area contributed by atoms with E-state index in [1.807, 2.05) is 36.0 Å². The van der Waals surface area contributed by atoms with Crippen LogP contribution in [0.5, 0.6) is 0 Å². The maximum atomic E-state index is 6.03. The summed E-state index contributed by atoms with van der Waals surface area (Å²) in [4.78, 5) is 13.8. The fourth-order valence-electron chi connectivity index (χ4n) is 3.19. The van der Waals surface area contributed by atoms with Crippen LogP contribution in [0.15, 0.2) is 47.0 Å². The molecule has 0 radical (unpaired) electrons. The molecular formula is C18H22ClIN6S. The molecule has 3 aromatic heterocycles. The third-order valence-corrected chi connectivity index (χ3v) is 5.65. The Balaban J connectivity index is 0.00000210. The highest BCUT2D eigenvalue weighted by Gasteiger charge is 2.20. The zero-order valence-electron chi connectivity index (χ0n) is 15.0. The lowest BCUT2D eigenvalue weighted by molar-refractivity contribution is 0.373. The third kappa shape index (κ3) is 4.67. The molecule has 9 heteroatoms. The molecule has 144 valence electrons. The topological polar surface area (TPSA) is 48.2 Å². The minimum atomic E-state index is 0. The molecule has 1 aliphatic heterocycles. The lowest BCUT2D eigenvalue weighted by Crippen LogP contribution is -2.52. The number of hydrogen-bond acceptors (Lipinski definition) is 4. The van der Waals surface area contributed by atoms with Crippen molar-refractivity contribution in [3.63, 3.8) is 0 Å². The predicted molar refractivity (Wildman–Crippen MR) is 124 cm³/mol. The molecule has 0 bridgehead atoms. The molecule has 6 nitrogen and oxygen atoms in total. The monoisotopic (exact) mass is 516 g/mol. The maximum Gasteiger partial charge on any atom is 0.194 e. The van der Waals surface area contributed by atoms with Gasteiger partial charge in [0.25, 0.3) is 0 Å². The number of pyridine rings is 1. The van der Waals surface area contributed by atoms with E-state index in [2.05, 4.69) is 42.6 Å². The number of imidazole rings is 1. The fourth-order valence-corrected chi connectivity index (χ4v) is 4.15. The summed E-state index contributed by atoms with van der Waals surface area (Å²) in [6, 6.07) is 8.06. The van der Waals surface area contributed by atoms with Crippen LogP contribution in [0.4, 0.5) is 5.00 Å². The second-order valence-electron chi connectivity index (χ2n) is 6.17. The quantitative estimate of drug-likeness (QED) is 0.329. The van der Waals surface area contributed by atoms with Gasteiger partial charge >= 0.3 is 0 Å². The number of guanidine groups is 1. The van der Waals surface area contributed by atoms with Gasteiger partial charge in [-0.15, -0.1) is 35.3 Å². The van der Waals surface area contributed by atoms with E-state index in [1.165, 1.54) is 5.00 Å². The van der Waals surface area contributed by atoms with Crippen LogP contribution in [0.2, 0.25) is 5.02 Å². The number of anilines is 1. The van der Waals surface area contributed by atoms with Gasteiger partial charge in [0.05, 0.1) is 22.3 Å². The summed E-state index contributed by atoms with van der Waals surface area (Å²) in [6.45, 7) is 4.57. The van der Waals surface area contributed by atoms with Crippen molar-refractivity contribution < 1.29 is 0 Å². The average Bonchev–Trinajstić information content (AvgIpc) is 3.32. The molecule has 0 unspecified atom stereocenters. The van der Waals surface area contributed by atoms with Crippen molar-refractivity contribution in [3.8, 4) is 0 Å². The van der Waals surface area contributed by atoms with Crippen molar-refractivity contribution in [2.24, 2.45) is 4.99 Å². The summed E-state index contributed by atoms with van der Waals surface area (Å²) < 4.78 is 1.95. The molecule has 0 aromatic carbocycles. The molecule has 1 fully saturated rings. The molecular weight excluding hydrogens is 495 g/mol. The van der Waals surface area contributed by atoms with Crippen molar-refractivity contribution >= 4 is 63.5 Å². The minimum Gasteiger partial charge on any atom is -0.360 e. The molecule has 0 amide bonds. The van der Waals surface area contributed by atoms with Crippen molar-refractivity contribution in [2.45, 2.75) is 6.54 Å². The summed E-state index contributed by atoms with van der Waals surface area (Å²) >= 11 is 7.83. The predicted octanol–water partition coefficient (Wildman–Crippen LogP) is 3.56. The average molecular weight is 517 g/mol. The van der Waals surface area contributed by atoms with Gasteiger partial charge in [0.2, 0.25) is 0 Å². The Hall–Kier alpha value is -1.52. The molecule has 1 saturated heterocycles. The van der Waals surface area contributed by atoms with Gasteiger partial charge in [0.1, 0.15) is 5.65 Å². The van der Waals surface area contributed by atoms with Gasteiger partial charge in [-0.25, -0.2) is 4.98 Å². The number of aliphatic imine (C=N–C) groups is 1. The lowest BCUT2D eigenvalue weighted by atomic mass is 10.3. The van der Waals surface area contributed by atoms with Gasteiger partial charge in [-0.3, -0.25) is 4.99 Å². The van der Waals surface area contributed by atoms with Crippen LogP contribution in [0.25, 0.3) is 5.65 Å². The number of piperazine rings is 1. The smallest absolute Gasteiger partial charge is 0.194 e. The Labute approximate surface area is 184 Å². The van der Waals surface area contributed by atoms with Crippen LogP contribution >= 0.6 is 46.9 Å². The van der Waals surface area contributed by atoms with Crippen LogP contribution < -0.4 is 10.2 Å². The van der Waals surface area contributed by atoms with Crippen LogP contribution in [0.3, 0.4) is 0 Å². The van der Waals surface area contributed by atoms with E-state index in [4.69, 9.17) is 11.6 Å². The van der Waals surface area contributed by atoms with Crippen LogP contribution in [-0.4, -0.2) is 53.5 Å². The number of fused-ring (bicyclic) bond motifs is 1. The number of thiophene rings is 1. The van der Waals surface area contributed by atoms with E-state index >= 15 is 0 Å². The number of aromatic nitrogens is 2. The molecule has 27 heavy (non-hydrogen) atoms. The van der Waals surface area contributed by atoms with E-state index in [-0.39, 0.29) is 24.0 Å². The number of nitrogens with zero attached hydrogens (tertiary/aromatic N) is 5. The summed E-state index contributed by atoms with van der Waals surface area (Å²) in [5.41, 5.74) is 1.86. The van der Waals surface area contributed by atoms with Gasteiger partial charge in [-0.2, -0.15) is 0 Å². The molecule has 0 spiro atoms.